The quantitative estimate of drug-likeness (QED) is 0.123. The molecule has 5 heteroatoms. The first-order valence-corrected chi connectivity index (χ1v) is 26.7. The molecule has 0 bridgehead atoms. The number of fused-ring (bicyclic) bond motifs is 3. The molecular formula is C52H52GeIrN2O-2. The molecule has 0 unspecified atom stereocenters. The van der Waals surface area contributed by atoms with Crippen LogP contribution in [0.25, 0.3) is 66.7 Å². The van der Waals surface area contributed by atoms with Crippen LogP contribution < -0.4 is 4.40 Å². The summed E-state index contributed by atoms with van der Waals surface area (Å²) in [5.74, 6) is 7.00. The molecule has 3 aromatic heterocycles. The minimum absolute atomic E-state index is 0. The maximum atomic E-state index is 7.84. The van der Waals surface area contributed by atoms with Gasteiger partial charge >= 0.3 is 146 Å². The zero-order chi connectivity index (χ0) is 42.3. The largest absolute Gasteiger partial charge is 0 e. The van der Waals surface area contributed by atoms with Crippen molar-refractivity contribution in [3.63, 3.8) is 0 Å². The van der Waals surface area contributed by atoms with Gasteiger partial charge in [0.25, 0.3) is 0 Å². The average Bonchev–Trinajstić information content (AvgIpc) is 3.54. The van der Waals surface area contributed by atoms with Gasteiger partial charge in [0, 0.05) is 31.7 Å². The topological polar surface area (TPSA) is 38.9 Å². The van der Waals surface area contributed by atoms with Crippen molar-refractivity contribution < 1.29 is 28.6 Å². The summed E-state index contributed by atoms with van der Waals surface area (Å²) in [6.07, 6.45) is 4.88. The molecule has 8 aromatic rings. The third-order valence-electron chi connectivity index (χ3n) is 10.1. The van der Waals surface area contributed by atoms with Crippen molar-refractivity contribution >= 4 is 39.6 Å². The summed E-state index contributed by atoms with van der Waals surface area (Å²) in [5.41, 5.74) is 15.2. The molecule has 0 aliphatic carbocycles. The zero-order valence-electron chi connectivity index (χ0n) is 37.4. The van der Waals surface area contributed by atoms with Crippen LogP contribution in [-0.2, 0) is 26.5 Å². The molecule has 3 heterocycles. The SMILES string of the molecule is Cc1cc(C)c(-c2ccc3oc4c[c-]c(-c5cc(CC(C)(C)C)ccn5)cc4c3c2)c(C)c1.[2H]C([2H])([2H])c1c[c-]c(-c2cc[c]([Ge]([CH3])([CH3])[CH3])cn2)cc1-c1ccccc1.[Ir]. The molecule has 0 saturated carbocycles. The summed E-state index contributed by atoms with van der Waals surface area (Å²) in [6.45, 7) is 11.1. The van der Waals surface area contributed by atoms with Crippen LogP contribution in [0, 0.1) is 45.2 Å². The maximum Gasteiger partial charge on any atom is 0 e. The average molecular weight is 989 g/mol. The summed E-state index contributed by atoms with van der Waals surface area (Å²) in [5, 5.41) is 2.23. The van der Waals surface area contributed by atoms with Gasteiger partial charge in [-0.05, 0) is 78.8 Å². The van der Waals surface area contributed by atoms with E-state index in [-0.39, 0.29) is 25.5 Å². The Morgan fingerprint density at radius 1 is 0.684 bits per heavy atom. The van der Waals surface area contributed by atoms with E-state index in [1.807, 2.05) is 60.9 Å². The molecule has 1 radical (unpaired) electrons. The Bertz CT molecular complexity index is 2760. The predicted octanol–water partition coefficient (Wildman–Crippen LogP) is 13.7. The van der Waals surface area contributed by atoms with E-state index in [9.17, 15) is 0 Å². The van der Waals surface area contributed by atoms with E-state index in [1.54, 1.807) is 6.07 Å². The first-order chi connectivity index (χ1) is 27.8. The minimum Gasteiger partial charge on any atom is 0 e. The van der Waals surface area contributed by atoms with Crippen LogP contribution in [0.15, 0.2) is 126 Å². The second kappa shape index (κ2) is 17.1. The number of hydrogen-bond donors (Lipinski definition) is 0. The number of aromatic nitrogens is 2. The second-order valence-electron chi connectivity index (χ2n) is 17.2. The number of rotatable bonds is 6. The Morgan fingerprint density at radius 2 is 1.39 bits per heavy atom. The molecule has 8 rings (SSSR count). The fourth-order valence-corrected chi connectivity index (χ4v) is 9.67. The van der Waals surface area contributed by atoms with Crippen molar-refractivity contribution in [1.29, 1.82) is 0 Å². The number of benzene rings is 5. The van der Waals surface area contributed by atoms with Crippen LogP contribution in [-0.4, -0.2) is 23.2 Å². The van der Waals surface area contributed by atoms with E-state index in [2.05, 4.69) is 136 Å². The molecule has 291 valence electrons. The van der Waals surface area contributed by atoms with Crippen molar-refractivity contribution in [2.75, 3.05) is 0 Å². The van der Waals surface area contributed by atoms with Gasteiger partial charge in [-0.25, -0.2) is 0 Å². The van der Waals surface area contributed by atoms with Gasteiger partial charge in [0.05, 0.1) is 5.58 Å². The van der Waals surface area contributed by atoms with Crippen molar-refractivity contribution in [2.45, 2.75) is 72.1 Å². The van der Waals surface area contributed by atoms with E-state index < -0.39 is 20.1 Å². The Hall–Kier alpha value is -4.61. The van der Waals surface area contributed by atoms with Crippen molar-refractivity contribution in [2.24, 2.45) is 5.41 Å². The first-order valence-electron chi connectivity index (χ1n) is 20.8. The molecule has 0 N–H and O–H groups in total. The third-order valence-corrected chi connectivity index (χ3v) is 14.4. The Balaban J connectivity index is 0.000000204. The zero-order valence-corrected chi connectivity index (χ0v) is 38.9. The van der Waals surface area contributed by atoms with Gasteiger partial charge in [-0.3, -0.25) is 0 Å². The van der Waals surface area contributed by atoms with Crippen LogP contribution in [0.5, 0.6) is 0 Å². The van der Waals surface area contributed by atoms with E-state index in [0.29, 0.717) is 11.1 Å². The normalized spacial score (nSPS) is 12.6. The molecule has 0 amide bonds. The molecule has 3 nitrogen and oxygen atoms in total. The predicted molar refractivity (Wildman–Crippen MR) is 240 cm³/mol. The van der Waals surface area contributed by atoms with Crippen LogP contribution in [0.4, 0.5) is 0 Å². The number of pyridine rings is 2. The number of hydrogen-bond acceptors (Lipinski definition) is 3. The molecule has 0 saturated heterocycles. The Labute approximate surface area is 359 Å². The maximum absolute atomic E-state index is 7.84. The third kappa shape index (κ3) is 9.75. The fraction of sp³-hybridized carbons (Fsp3) is 0.231. The monoisotopic (exact) mass is 990 g/mol. The summed E-state index contributed by atoms with van der Waals surface area (Å²) in [7, 11) is 0. The molecule has 57 heavy (non-hydrogen) atoms. The van der Waals surface area contributed by atoms with Gasteiger partial charge < -0.3 is 9.40 Å². The number of aryl methyl sites for hydroxylation is 4. The van der Waals surface area contributed by atoms with E-state index in [1.165, 1.54) is 37.8 Å². The van der Waals surface area contributed by atoms with Crippen molar-refractivity contribution in [1.82, 2.24) is 9.97 Å². The van der Waals surface area contributed by atoms with Crippen molar-refractivity contribution in [3.05, 3.63) is 162 Å². The minimum atomic E-state index is -2.18. The first kappa shape index (κ1) is 37.9. The summed E-state index contributed by atoms with van der Waals surface area (Å²) >= 11 is -1.91. The summed E-state index contributed by atoms with van der Waals surface area (Å²) in [4.78, 5) is 9.26. The molecule has 0 aliphatic rings. The van der Waals surface area contributed by atoms with Gasteiger partial charge in [0.2, 0.25) is 0 Å². The Morgan fingerprint density at radius 3 is 2.05 bits per heavy atom. The molecule has 0 aliphatic heterocycles. The summed E-state index contributed by atoms with van der Waals surface area (Å²) < 4.78 is 31.0. The van der Waals surface area contributed by atoms with Crippen LogP contribution >= 0.6 is 0 Å². The van der Waals surface area contributed by atoms with Gasteiger partial charge in [-0.2, -0.15) is 0 Å². The van der Waals surface area contributed by atoms with Crippen LogP contribution in [0.3, 0.4) is 0 Å². The van der Waals surface area contributed by atoms with Crippen LogP contribution in [0.1, 0.15) is 52.7 Å². The molecule has 0 atom stereocenters. The smallest absolute Gasteiger partial charge is 0 e. The summed E-state index contributed by atoms with van der Waals surface area (Å²) in [6, 6.07) is 43.2. The van der Waals surface area contributed by atoms with Gasteiger partial charge in [-0.1, -0.05) is 61.5 Å². The van der Waals surface area contributed by atoms with E-state index >= 15 is 0 Å². The molecule has 5 aromatic carbocycles. The van der Waals surface area contributed by atoms with E-state index in [4.69, 9.17) is 8.53 Å². The molecule has 0 spiro atoms. The van der Waals surface area contributed by atoms with Crippen LogP contribution in [0.2, 0.25) is 17.3 Å². The number of nitrogens with zero attached hydrogens (tertiary/aromatic N) is 2. The van der Waals surface area contributed by atoms with E-state index in [0.717, 1.165) is 56.4 Å². The van der Waals surface area contributed by atoms with Gasteiger partial charge in [-0.15, -0.1) is 23.8 Å². The van der Waals surface area contributed by atoms with Gasteiger partial charge in [0.15, 0.2) is 0 Å². The molecular weight excluding hydrogens is 933 g/mol. The van der Waals surface area contributed by atoms with Crippen molar-refractivity contribution in [3.8, 4) is 44.8 Å². The standard InChI is InChI=1S/C31H30NO.C21H22GeN.Ir/c1-19-13-20(2)30(21(3)14-19)24-8-10-29-26(17-24)25-16-23(7-9-28(25)33-29)27-15-22(11-12-32-27)18-31(4,5)6;1-16-10-11-18(14-20(16)17-8-6-5-7-9-17)21-13-12-19(15-23-21)22(2,3)4;/h8-17H,18H2,1-6H3;5-10,12-15H,1-4H3;/q2*-1;/i;1D3;. The second-order valence-corrected chi connectivity index (χ2v) is 27.9. The Kier molecular flexibility index (Phi) is 11.4. The number of furan rings is 1. The molecule has 0 fully saturated rings. The fourth-order valence-electron chi connectivity index (χ4n) is 7.50. The van der Waals surface area contributed by atoms with Gasteiger partial charge in [0.1, 0.15) is 5.58 Å².